The molecular weight excluding hydrogens is 1030 g/mol. The predicted octanol–water partition coefficient (Wildman–Crippen LogP) is 21.0. The first kappa shape index (κ1) is 55.4. The molecule has 0 fully saturated rings. The van der Waals surface area contributed by atoms with Gasteiger partial charge in [0.1, 0.15) is 0 Å². The molecule has 0 N–H and O–H groups in total. The molecule has 0 saturated heterocycles. The SMILES string of the molecule is CCCCCCCCC1(CCCCCCCC)c2cc(-c3cc[c]([Sn]([CH2]CCC)([CH2]CCC)[CH2]CCC)s3)ccc2-c2ccc(-c3cc[c]([Sn]([CH2]CCC)([CH2]CCC)[CH2]CCC)s3)cc21. The minimum atomic E-state index is -2.53. The molecule has 0 amide bonds. The number of fused-ring (bicyclic) bond motifs is 3. The van der Waals surface area contributed by atoms with E-state index in [4.69, 9.17) is 0 Å². The normalized spacial score (nSPS) is 13.5. The quantitative estimate of drug-likeness (QED) is 0.0315. The Hall–Kier alpha value is -0.563. The van der Waals surface area contributed by atoms with Crippen LogP contribution in [0.25, 0.3) is 32.0 Å². The van der Waals surface area contributed by atoms with Gasteiger partial charge in [-0.25, -0.2) is 0 Å². The number of hydrogen-bond donors (Lipinski definition) is 0. The van der Waals surface area contributed by atoms with Crippen molar-refractivity contribution in [2.45, 2.75) is 254 Å². The molecule has 0 aliphatic heterocycles. The van der Waals surface area contributed by atoms with Crippen LogP contribution in [-0.4, -0.2) is 36.8 Å². The standard InChI is InChI=1S/C37H44S2.6C4H9.2Sn/c1-3-5-7-9-11-13-23-37(24-14-12-10-8-6-4-2)33-27-29(35-17-15-25-38-35)19-21-31(33)32-22-20-30(28-34(32)37)36-18-16-26-39-36;6*1-3-4-2;;/h15-22,27-28H,3-14,23-24H2,1-2H3;6*1,3-4H2,2H3;;. The van der Waals surface area contributed by atoms with Gasteiger partial charge in [-0.05, 0) is 0 Å². The van der Waals surface area contributed by atoms with Crippen molar-refractivity contribution in [1.29, 1.82) is 0 Å². The third-order valence-electron chi connectivity index (χ3n) is 16.2. The molecule has 0 saturated carbocycles. The van der Waals surface area contributed by atoms with Crippen LogP contribution in [-0.2, 0) is 5.41 Å². The summed E-state index contributed by atoms with van der Waals surface area (Å²) < 4.78 is 13.1. The van der Waals surface area contributed by atoms with Gasteiger partial charge in [-0.3, -0.25) is 0 Å². The Bertz CT molecular complexity index is 1730. The zero-order valence-electron chi connectivity index (χ0n) is 43.7. The molecule has 1 aliphatic rings. The van der Waals surface area contributed by atoms with E-state index >= 15 is 0 Å². The molecule has 2 aromatic carbocycles. The van der Waals surface area contributed by atoms with Crippen LogP contribution in [0.2, 0.25) is 26.6 Å². The number of benzene rings is 2. The summed E-state index contributed by atoms with van der Waals surface area (Å²) in [5.41, 5.74) is 9.55. The van der Waals surface area contributed by atoms with Gasteiger partial charge in [0.25, 0.3) is 0 Å². The average molecular weight is 1130 g/mol. The second-order valence-corrected chi connectivity index (χ2v) is 51.6. The molecule has 2 heterocycles. The first-order chi connectivity index (χ1) is 31.8. The topological polar surface area (TPSA) is 0 Å². The molecule has 0 unspecified atom stereocenters. The van der Waals surface area contributed by atoms with Gasteiger partial charge in [0.05, 0.1) is 0 Å². The van der Waals surface area contributed by atoms with Crippen LogP contribution in [0.3, 0.4) is 0 Å². The van der Waals surface area contributed by atoms with E-state index in [2.05, 4.69) is 139 Å². The van der Waals surface area contributed by atoms with Crippen molar-refractivity contribution in [3.05, 3.63) is 71.8 Å². The van der Waals surface area contributed by atoms with Crippen LogP contribution < -0.4 is 5.79 Å². The fourth-order valence-electron chi connectivity index (χ4n) is 12.0. The van der Waals surface area contributed by atoms with Crippen LogP contribution in [0.1, 0.15) is 233 Å². The van der Waals surface area contributed by atoms with Crippen molar-refractivity contribution in [3.8, 4) is 32.0 Å². The van der Waals surface area contributed by atoms with E-state index in [0.29, 0.717) is 0 Å². The minimum absolute atomic E-state index is 0.0884. The van der Waals surface area contributed by atoms with Crippen LogP contribution in [0, 0.1) is 0 Å². The summed E-state index contributed by atoms with van der Waals surface area (Å²) in [5, 5.41) is 0. The predicted molar refractivity (Wildman–Crippen MR) is 304 cm³/mol. The number of hydrogen-bond acceptors (Lipinski definition) is 2. The second-order valence-electron chi connectivity index (χ2n) is 21.1. The third-order valence-corrected chi connectivity index (χ3v) is 55.0. The van der Waals surface area contributed by atoms with Crippen molar-refractivity contribution >= 4 is 65.2 Å². The fourth-order valence-corrected chi connectivity index (χ4v) is 52.3. The van der Waals surface area contributed by atoms with Gasteiger partial charge >= 0.3 is 384 Å². The summed E-state index contributed by atoms with van der Waals surface area (Å²) in [6.07, 6.45) is 35.6. The molecule has 2 aromatic heterocycles. The van der Waals surface area contributed by atoms with Crippen LogP contribution >= 0.6 is 22.7 Å². The molecule has 0 radical (unpaired) electrons. The zero-order chi connectivity index (χ0) is 46.4. The van der Waals surface area contributed by atoms with Gasteiger partial charge in [0.15, 0.2) is 0 Å². The zero-order valence-corrected chi connectivity index (χ0v) is 51.1. The van der Waals surface area contributed by atoms with Gasteiger partial charge in [-0.15, -0.1) is 0 Å². The first-order valence-corrected chi connectivity index (χ1v) is 44.9. The molecule has 362 valence electrons. The molecule has 5 rings (SSSR count). The summed E-state index contributed by atoms with van der Waals surface area (Å²) in [4.78, 5) is 3.10. The molecule has 1 aliphatic carbocycles. The van der Waals surface area contributed by atoms with E-state index in [-0.39, 0.29) is 5.41 Å². The summed E-state index contributed by atoms with van der Waals surface area (Å²) in [5.74, 6) is 0. The fraction of sp³-hybridized carbons (Fsp3) is 0.672. The van der Waals surface area contributed by atoms with Gasteiger partial charge < -0.3 is 0 Å². The van der Waals surface area contributed by atoms with Crippen LogP contribution in [0.15, 0.2) is 60.7 Å². The van der Waals surface area contributed by atoms with E-state index in [9.17, 15) is 0 Å². The molecule has 0 atom stereocenters. The Balaban J connectivity index is 1.62. The molecule has 0 bridgehead atoms. The number of thiophene rings is 2. The summed E-state index contributed by atoms with van der Waals surface area (Å²) in [6, 6.07) is 26.3. The molecule has 0 nitrogen and oxygen atoms in total. The third kappa shape index (κ3) is 14.7. The molecule has 0 spiro atoms. The first-order valence-electron chi connectivity index (χ1n) is 28.3. The maximum atomic E-state index is 2.77. The van der Waals surface area contributed by atoms with Crippen molar-refractivity contribution < 1.29 is 0 Å². The van der Waals surface area contributed by atoms with E-state index < -0.39 is 36.8 Å². The van der Waals surface area contributed by atoms with Crippen molar-refractivity contribution in [3.63, 3.8) is 0 Å². The van der Waals surface area contributed by atoms with Crippen LogP contribution in [0.4, 0.5) is 0 Å². The van der Waals surface area contributed by atoms with Gasteiger partial charge in [-0.1, -0.05) is 39.5 Å². The average Bonchev–Trinajstić information content (AvgIpc) is 4.10. The number of unbranched alkanes of at least 4 members (excludes halogenated alkanes) is 16. The van der Waals surface area contributed by atoms with E-state index in [1.165, 1.54) is 178 Å². The molecular formula is C61H98S2Sn2. The molecule has 4 aromatic rings. The van der Waals surface area contributed by atoms with Crippen molar-refractivity contribution in [2.24, 2.45) is 0 Å². The maximum absolute atomic E-state index is 2.77. The van der Waals surface area contributed by atoms with Crippen molar-refractivity contribution in [2.75, 3.05) is 0 Å². The van der Waals surface area contributed by atoms with E-state index in [1.54, 1.807) is 58.6 Å². The Morgan fingerprint density at radius 3 is 0.969 bits per heavy atom. The summed E-state index contributed by atoms with van der Waals surface area (Å²) in [6.45, 7) is 19.3. The summed E-state index contributed by atoms with van der Waals surface area (Å²) >= 11 is -0.551. The Labute approximate surface area is 419 Å². The Morgan fingerprint density at radius 1 is 0.338 bits per heavy atom. The number of rotatable bonds is 36. The van der Waals surface area contributed by atoms with Gasteiger partial charge in [-0.2, -0.15) is 0 Å². The van der Waals surface area contributed by atoms with Gasteiger partial charge in [0.2, 0.25) is 0 Å². The van der Waals surface area contributed by atoms with E-state index in [0.717, 1.165) is 0 Å². The Morgan fingerprint density at radius 2 is 0.646 bits per heavy atom. The second kappa shape index (κ2) is 29.6. The summed E-state index contributed by atoms with van der Waals surface area (Å²) in [7, 11) is 0. The van der Waals surface area contributed by atoms with E-state index in [1.807, 2.05) is 5.79 Å². The molecule has 4 heteroatoms. The Kier molecular flexibility index (Phi) is 25.2. The van der Waals surface area contributed by atoms with Crippen molar-refractivity contribution in [1.82, 2.24) is 0 Å². The molecule has 65 heavy (non-hydrogen) atoms. The van der Waals surface area contributed by atoms with Crippen LogP contribution in [0.5, 0.6) is 0 Å². The van der Waals surface area contributed by atoms with Gasteiger partial charge in [0, 0.05) is 0 Å². The monoisotopic (exact) mass is 1130 g/mol.